The molecule has 0 fully saturated rings. The van der Waals surface area contributed by atoms with Crippen LogP contribution in [0, 0.1) is 5.82 Å². The van der Waals surface area contributed by atoms with Gasteiger partial charge in [0.05, 0.1) is 22.6 Å². The fourth-order valence-corrected chi connectivity index (χ4v) is 3.98. The Morgan fingerprint density at radius 1 is 1.00 bits per heavy atom. The molecule has 0 atom stereocenters. The molecule has 30 heavy (non-hydrogen) atoms. The van der Waals surface area contributed by atoms with Gasteiger partial charge < -0.3 is 10.6 Å². The van der Waals surface area contributed by atoms with Gasteiger partial charge in [0.15, 0.2) is 0 Å². The van der Waals surface area contributed by atoms with Crippen LogP contribution in [0.4, 0.5) is 34.6 Å². The molecule has 0 aliphatic carbocycles. The Hall–Kier alpha value is -3.26. The summed E-state index contributed by atoms with van der Waals surface area (Å²) in [6.45, 7) is 0. The van der Waals surface area contributed by atoms with Crippen LogP contribution < -0.4 is 10.6 Å². The highest BCUT2D eigenvalue weighted by Gasteiger charge is 2.33. The van der Waals surface area contributed by atoms with Crippen LogP contribution in [0.15, 0.2) is 76.5 Å². The van der Waals surface area contributed by atoms with Crippen molar-refractivity contribution in [3.63, 3.8) is 0 Å². The fraction of sp³-hybridized carbons (Fsp3) is 0.0455. The van der Waals surface area contributed by atoms with Gasteiger partial charge in [-0.1, -0.05) is 36.0 Å². The van der Waals surface area contributed by atoms with Crippen molar-refractivity contribution in [3.8, 4) is 0 Å². The van der Waals surface area contributed by atoms with Crippen LogP contribution in [0.2, 0.25) is 0 Å². The lowest BCUT2D eigenvalue weighted by atomic mass is 10.1. The molecule has 2 N–H and O–H groups in total. The van der Waals surface area contributed by atoms with Crippen LogP contribution >= 0.6 is 11.8 Å². The first-order valence-electron chi connectivity index (χ1n) is 8.83. The Labute approximate surface area is 173 Å². The van der Waals surface area contributed by atoms with Gasteiger partial charge in [-0.25, -0.2) is 4.39 Å². The second-order valence-corrected chi connectivity index (χ2v) is 7.58. The minimum Gasteiger partial charge on any atom is -0.352 e. The zero-order valence-corrected chi connectivity index (χ0v) is 16.1. The zero-order chi connectivity index (χ0) is 21.3. The van der Waals surface area contributed by atoms with Gasteiger partial charge >= 0.3 is 6.18 Å². The Kier molecular flexibility index (Phi) is 5.26. The maximum atomic E-state index is 13.4. The Bertz CT molecular complexity index is 1140. The highest BCUT2D eigenvalue weighted by Crippen LogP contribution is 2.49. The summed E-state index contributed by atoms with van der Waals surface area (Å²) in [6.07, 6.45) is -1.92. The molecule has 0 aromatic heterocycles. The molecule has 4 rings (SSSR count). The average molecular weight is 430 g/mol. The van der Waals surface area contributed by atoms with E-state index in [2.05, 4.69) is 10.6 Å². The lowest BCUT2D eigenvalue weighted by Gasteiger charge is -2.24. The molecule has 1 aliphatic rings. The minimum atomic E-state index is -4.56. The number of halogens is 4. The predicted molar refractivity (Wildman–Crippen MR) is 109 cm³/mol. The quantitative estimate of drug-likeness (QED) is 0.281. The van der Waals surface area contributed by atoms with Crippen LogP contribution in [-0.4, -0.2) is 5.91 Å². The van der Waals surface area contributed by atoms with E-state index in [9.17, 15) is 22.4 Å². The summed E-state index contributed by atoms with van der Waals surface area (Å²) < 4.78 is 53.1. The second kappa shape index (κ2) is 7.87. The second-order valence-electron chi connectivity index (χ2n) is 6.49. The van der Waals surface area contributed by atoms with Gasteiger partial charge in [0.25, 0.3) is 0 Å². The van der Waals surface area contributed by atoms with E-state index >= 15 is 0 Å². The van der Waals surface area contributed by atoms with Gasteiger partial charge in [-0.2, -0.15) is 13.2 Å². The number of hydrogen-bond donors (Lipinski definition) is 2. The van der Waals surface area contributed by atoms with Crippen molar-refractivity contribution in [1.29, 1.82) is 0 Å². The van der Waals surface area contributed by atoms with E-state index in [-0.39, 0.29) is 5.69 Å². The molecular weight excluding hydrogens is 416 g/mol. The Morgan fingerprint density at radius 3 is 2.47 bits per heavy atom. The number of amides is 1. The third-order valence-corrected chi connectivity index (χ3v) is 5.47. The molecule has 0 bridgehead atoms. The number of para-hydroxylation sites is 1. The number of fused-ring (bicyclic) bond motifs is 2. The van der Waals surface area contributed by atoms with Crippen molar-refractivity contribution >= 4 is 40.8 Å². The smallest absolute Gasteiger partial charge is 0.352 e. The summed E-state index contributed by atoms with van der Waals surface area (Å²) in [6, 6.07) is 14.7. The molecular formula is C22H14F4N2OS. The maximum absolute atomic E-state index is 13.4. The van der Waals surface area contributed by atoms with Crippen molar-refractivity contribution < 1.29 is 22.4 Å². The summed E-state index contributed by atoms with van der Waals surface area (Å²) in [7, 11) is 0. The van der Waals surface area contributed by atoms with Crippen LogP contribution in [0.3, 0.4) is 0 Å². The minimum absolute atomic E-state index is 0.0237. The van der Waals surface area contributed by atoms with Gasteiger partial charge in [0.1, 0.15) is 5.82 Å². The Balaban J connectivity index is 1.65. The lowest BCUT2D eigenvalue weighted by molar-refractivity contribution is -0.137. The largest absolute Gasteiger partial charge is 0.416 e. The summed E-state index contributed by atoms with van der Waals surface area (Å²) in [5, 5.41) is 5.62. The lowest BCUT2D eigenvalue weighted by Crippen LogP contribution is -2.14. The third-order valence-electron chi connectivity index (χ3n) is 4.35. The van der Waals surface area contributed by atoms with Gasteiger partial charge in [-0.15, -0.1) is 0 Å². The van der Waals surface area contributed by atoms with Gasteiger partial charge in [0, 0.05) is 15.9 Å². The first kappa shape index (κ1) is 20.0. The molecule has 8 heteroatoms. The first-order valence-corrected chi connectivity index (χ1v) is 9.65. The molecule has 3 aromatic carbocycles. The molecule has 0 spiro atoms. The predicted octanol–water partition coefficient (Wildman–Crippen LogP) is 6.70. The molecule has 0 radical (unpaired) electrons. The van der Waals surface area contributed by atoms with Gasteiger partial charge in [-0.05, 0) is 48.0 Å². The highest BCUT2D eigenvalue weighted by atomic mass is 32.2. The van der Waals surface area contributed by atoms with Crippen molar-refractivity contribution in [1.82, 2.24) is 0 Å². The molecule has 1 amide bonds. The van der Waals surface area contributed by atoms with E-state index in [4.69, 9.17) is 0 Å². The van der Waals surface area contributed by atoms with Crippen LogP contribution in [0.1, 0.15) is 11.1 Å². The monoisotopic (exact) mass is 430 g/mol. The molecule has 0 saturated carbocycles. The van der Waals surface area contributed by atoms with E-state index in [1.54, 1.807) is 12.1 Å². The SMILES string of the molecule is O=C(/C=C/c1ccc(F)cc1)Nc1cc(C(F)(F)F)cc2c1Nc1ccccc1S2. The Morgan fingerprint density at radius 2 is 1.73 bits per heavy atom. The standard InChI is InChI=1S/C22H14F4N2OS/c23-15-8-5-13(6-9-15)7-10-20(29)27-17-11-14(22(24,25)26)12-19-21(17)28-16-3-1-2-4-18(16)30-19/h1-12,28H,(H,27,29)/b10-7+. The van der Waals surface area contributed by atoms with Crippen molar-refractivity contribution in [3.05, 3.63) is 83.7 Å². The summed E-state index contributed by atoms with van der Waals surface area (Å²) >= 11 is 1.20. The normalized spacial score (nSPS) is 12.8. The van der Waals surface area contributed by atoms with Crippen LogP contribution in [0.5, 0.6) is 0 Å². The van der Waals surface area contributed by atoms with E-state index in [1.807, 2.05) is 12.1 Å². The molecule has 1 aliphatic heterocycles. The van der Waals surface area contributed by atoms with E-state index < -0.39 is 23.5 Å². The third kappa shape index (κ3) is 4.33. The fourth-order valence-electron chi connectivity index (χ4n) is 2.92. The molecule has 1 heterocycles. The van der Waals surface area contributed by atoms with Crippen molar-refractivity contribution in [2.45, 2.75) is 16.0 Å². The number of carbonyl (C=O) groups is 1. The number of carbonyl (C=O) groups excluding carboxylic acids is 1. The van der Waals surface area contributed by atoms with Crippen LogP contribution in [-0.2, 0) is 11.0 Å². The molecule has 3 aromatic rings. The summed E-state index contributed by atoms with van der Waals surface area (Å²) in [5.74, 6) is -1.01. The van der Waals surface area contributed by atoms with Crippen LogP contribution in [0.25, 0.3) is 6.08 Å². The van der Waals surface area contributed by atoms with E-state index in [1.165, 1.54) is 48.2 Å². The first-order chi connectivity index (χ1) is 14.3. The zero-order valence-electron chi connectivity index (χ0n) is 15.3. The van der Waals surface area contributed by atoms with Gasteiger partial charge in [0.2, 0.25) is 5.91 Å². The number of hydrogen-bond acceptors (Lipinski definition) is 3. The van der Waals surface area contributed by atoms with Crippen molar-refractivity contribution in [2.75, 3.05) is 10.6 Å². The summed E-state index contributed by atoms with van der Waals surface area (Å²) in [4.78, 5) is 13.5. The number of benzene rings is 3. The number of anilines is 3. The molecule has 3 nitrogen and oxygen atoms in total. The molecule has 0 unspecified atom stereocenters. The van der Waals surface area contributed by atoms with Crippen molar-refractivity contribution in [2.24, 2.45) is 0 Å². The van der Waals surface area contributed by atoms with Gasteiger partial charge in [-0.3, -0.25) is 4.79 Å². The molecule has 152 valence electrons. The van der Waals surface area contributed by atoms with E-state index in [0.29, 0.717) is 16.1 Å². The summed E-state index contributed by atoms with van der Waals surface area (Å²) in [5.41, 5.74) is 0.894. The number of alkyl halides is 3. The highest BCUT2D eigenvalue weighted by molar-refractivity contribution is 7.99. The number of nitrogens with one attached hydrogen (secondary N) is 2. The average Bonchev–Trinajstić information content (AvgIpc) is 2.71. The maximum Gasteiger partial charge on any atom is 0.416 e. The van der Waals surface area contributed by atoms with E-state index in [0.717, 1.165) is 22.7 Å². The molecule has 0 saturated heterocycles. The topological polar surface area (TPSA) is 41.1 Å². The number of rotatable bonds is 3.